The van der Waals surface area contributed by atoms with Gasteiger partial charge in [0.25, 0.3) is 0 Å². The number of piperazine rings is 1. The zero-order valence-corrected chi connectivity index (χ0v) is 15.8. The molecule has 1 aliphatic heterocycles. The third-order valence-electron chi connectivity index (χ3n) is 4.18. The van der Waals surface area contributed by atoms with Crippen molar-refractivity contribution >= 4 is 15.9 Å². The van der Waals surface area contributed by atoms with E-state index in [0.717, 1.165) is 5.56 Å². The van der Waals surface area contributed by atoms with Gasteiger partial charge in [-0.25, -0.2) is 8.42 Å². The van der Waals surface area contributed by atoms with E-state index >= 15 is 0 Å². The van der Waals surface area contributed by atoms with Crippen LogP contribution in [0.5, 0.6) is 5.75 Å². The number of benzene rings is 1. The zero-order valence-electron chi connectivity index (χ0n) is 14.9. The molecule has 1 atom stereocenters. The first-order valence-corrected chi connectivity index (χ1v) is 9.57. The second-order valence-electron chi connectivity index (χ2n) is 6.62. The van der Waals surface area contributed by atoms with Crippen LogP contribution in [0.25, 0.3) is 0 Å². The zero-order chi connectivity index (χ0) is 18.1. The molecule has 7 heteroatoms. The molecule has 1 heterocycles. The van der Waals surface area contributed by atoms with Gasteiger partial charge in [-0.05, 0) is 37.5 Å². The van der Waals surface area contributed by atoms with Crippen molar-refractivity contribution in [2.75, 3.05) is 26.7 Å². The maximum atomic E-state index is 13.0. The van der Waals surface area contributed by atoms with Crippen molar-refractivity contribution in [3.8, 4) is 5.75 Å². The maximum Gasteiger partial charge on any atom is 0.247 e. The average molecular weight is 354 g/mol. The molecule has 0 N–H and O–H groups in total. The number of methoxy groups -OCH3 is 1. The number of carbonyl (C=O) groups excluding carboxylic acids is 1. The number of sulfonamides is 1. The summed E-state index contributed by atoms with van der Waals surface area (Å²) < 4.78 is 32.6. The fourth-order valence-corrected chi connectivity index (χ4v) is 4.69. The van der Waals surface area contributed by atoms with Gasteiger partial charge in [-0.2, -0.15) is 4.31 Å². The smallest absolute Gasteiger partial charge is 0.247 e. The predicted octanol–water partition coefficient (Wildman–Crippen LogP) is 1.88. The van der Waals surface area contributed by atoms with E-state index in [1.807, 2.05) is 20.8 Å². The summed E-state index contributed by atoms with van der Waals surface area (Å²) in [6.45, 7) is 8.94. The van der Waals surface area contributed by atoms with Gasteiger partial charge in [-0.1, -0.05) is 19.9 Å². The van der Waals surface area contributed by atoms with Crippen molar-refractivity contribution in [3.63, 3.8) is 0 Å². The molecule has 24 heavy (non-hydrogen) atoms. The van der Waals surface area contributed by atoms with E-state index in [9.17, 15) is 13.2 Å². The van der Waals surface area contributed by atoms with Crippen molar-refractivity contribution < 1.29 is 17.9 Å². The first kappa shape index (κ1) is 18.7. The summed E-state index contributed by atoms with van der Waals surface area (Å²) in [5.74, 6) is 0.505. The minimum Gasteiger partial charge on any atom is -0.495 e. The van der Waals surface area contributed by atoms with E-state index in [1.54, 1.807) is 30.0 Å². The molecule has 2 rings (SSSR count). The molecule has 1 fully saturated rings. The van der Waals surface area contributed by atoms with Crippen LogP contribution in [-0.4, -0.2) is 56.3 Å². The molecule has 6 nitrogen and oxygen atoms in total. The molecule has 0 aromatic heterocycles. The van der Waals surface area contributed by atoms with Gasteiger partial charge in [-0.15, -0.1) is 0 Å². The summed E-state index contributed by atoms with van der Waals surface area (Å²) in [5.41, 5.74) is 0.914. The van der Waals surface area contributed by atoms with Crippen LogP contribution in [0.4, 0.5) is 0 Å². The molecule has 1 saturated heterocycles. The monoisotopic (exact) mass is 354 g/mol. The normalized spacial score (nSPS) is 19.8. The number of carbonyl (C=O) groups is 1. The lowest BCUT2D eigenvalue weighted by atomic mass is 10.1. The van der Waals surface area contributed by atoms with Crippen LogP contribution in [0.1, 0.15) is 26.3 Å². The number of amides is 1. The molecule has 0 saturated carbocycles. The first-order chi connectivity index (χ1) is 11.2. The SMILES string of the molecule is COc1cc(C)ccc1S(=O)(=O)N1CCN(CC(C)C)C(=O)[C@H]1C. The van der Waals surface area contributed by atoms with Crippen LogP contribution >= 0.6 is 0 Å². The van der Waals surface area contributed by atoms with Crippen LogP contribution < -0.4 is 4.74 Å². The molecular weight excluding hydrogens is 328 g/mol. The summed E-state index contributed by atoms with van der Waals surface area (Å²) >= 11 is 0. The summed E-state index contributed by atoms with van der Waals surface area (Å²) in [6.07, 6.45) is 0. The molecule has 0 bridgehead atoms. The van der Waals surface area contributed by atoms with Crippen molar-refractivity contribution in [2.24, 2.45) is 5.92 Å². The number of rotatable bonds is 5. The van der Waals surface area contributed by atoms with E-state index < -0.39 is 16.1 Å². The van der Waals surface area contributed by atoms with Crippen LogP contribution in [0.15, 0.2) is 23.1 Å². The fraction of sp³-hybridized carbons (Fsp3) is 0.588. The molecule has 1 aromatic carbocycles. The lowest BCUT2D eigenvalue weighted by Gasteiger charge is -2.39. The Morgan fingerprint density at radius 3 is 2.54 bits per heavy atom. The molecule has 1 aliphatic rings. The average Bonchev–Trinajstić information content (AvgIpc) is 2.50. The summed E-state index contributed by atoms with van der Waals surface area (Å²) in [7, 11) is -2.35. The summed E-state index contributed by atoms with van der Waals surface area (Å²) in [4.78, 5) is 14.4. The molecule has 0 spiro atoms. The number of aryl methyl sites for hydroxylation is 1. The fourth-order valence-electron chi connectivity index (χ4n) is 2.98. The number of ether oxygens (including phenoxy) is 1. The van der Waals surface area contributed by atoms with Gasteiger partial charge < -0.3 is 9.64 Å². The van der Waals surface area contributed by atoms with Gasteiger partial charge >= 0.3 is 0 Å². The lowest BCUT2D eigenvalue weighted by molar-refractivity contribution is -0.138. The van der Waals surface area contributed by atoms with E-state index in [2.05, 4.69) is 0 Å². The topological polar surface area (TPSA) is 66.9 Å². The molecular formula is C17H26N2O4S. The quantitative estimate of drug-likeness (QED) is 0.810. The Morgan fingerprint density at radius 2 is 1.96 bits per heavy atom. The molecule has 1 amide bonds. The van der Waals surface area contributed by atoms with Gasteiger partial charge in [-0.3, -0.25) is 4.79 Å². The van der Waals surface area contributed by atoms with E-state index in [4.69, 9.17) is 4.74 Å². The standard InChI is InChI=1S/C17H26N2O4S/c1-12(2)11-18-8-9-19(14(4)17(18)20)24(21,22)16-7-6-13(3)10-15(16)23-5/h6-7,10,12,14H,8-9,11H2,1-5H3/t14-/m1/s1. The molecule has 1 aromatic rings. The third kappa shape index (κ3) is 3.57. The van der Waals surface area contributed by atoms with Crippen molar-refractivity contribution in [1.82, 2.24) is 9.21 Å². The van der Waals surface area contributed by atoms with Crippen molar-refractivity contribution in [1.29, 1.82) is 0 Å². The second kappa shape index (κ2) is 7.11. The Morgan fingerprint density at radius 1 is 1.29 bits per heavy atom. The van der Waals surface area contributed by atoms with Crippen LogP contribution in [0.3, 0.4) is 0 Å². The minimum absolute atomic E-state index is 0.104. The van der Waals surface area contributed by atoms with Crippen LogP contribution in [0, 0.1) is 12.8 Å². The highest BCUT2D eigenvalue weighted by Crippen LogP contribution is 2.30. The Kier molecular flexibility index (Phi) is 5.55. The highest BCUT2D eigenvalue weighted by atomic mass is 32.2. The number of hydrogen-bond acceptors (Lipinski definition) is 4. The Hall–Kier alpha value is -1.60. The number of hydrogen-bond donors (Lipinski definition) is 0. The molecule has 0 radical (unpaired) electrons. The Bertz CT molecular complexity index is 715. The Balaban J connectivity index is 2.33. The Labute approximate surface area is 144 Å². The lowest BCUT2D eigenvalue weighted by Crippen LogP contribution is -2.57. The molecule has 0 aliphatic carbocycles. The summed E-state index contributed by atoms with van der Waals surface area (Å²) in [5, 5.41) is 0. The van der Waals surface area contributed by atoms with Crippen LogP contribution in [-0.2, 0) is 14.8 Å². The third-order valence-corrected chi connectivity index (χ3v) is 6.19. The minimum atomic E-state index is -3.79. The highest BCUT2D eigenvalue weighted by Gasteiger charge is 2.40. The van der Waals surface area contributed by atoms with Gasteiger partial charge in [0.1, 0.15) is 16.7 Å². The van der Waals surface area contributed by atoms with Gasteiger partial charge in [0.15, 0.2) is 0 Å². The van der Waals surface area contributed by atoms with Crippen molar-refractivity contribution in [2.45, 2.75) is 38.6 Å². The number of nitrogens with zero attached hydrogens (tertiary/aromatic N) is 2. The van der Waals surface area contributed by atoms with Crippen molar-refractivity contribution in [3.05, 3.63) is 23.8 Å². The van der Waals surface area contributed by atoms with Gasteiger partial charge in [0.05, 0.1) is 7.11 Å². The van der Waals surface area contributed by atoms with E-state index in [0.29, 0.717) is 31.3 Å². The highest BCUT2D eigenvalue weighted by molar-refractivity contribution is 7.89. The van der Waals surface area contributed by atoms with Gasteiger partial charge in [0, 0.05) is 19.6 Å². The largest absolute Gasteiger partial charge is 0.495 e. The van der Waals surface area contributed by atoms with E-state index in [-0.39, 0.29) is 10.8 Å². The van der Waals surface area contributed by atoms with Crippen LogP contribution in [0.2, 0.25) is 0 Å². The van der Waals surface area contributed by atoms with Gasteiger partial charge in [0.2, 0.25) is 15.9 Å². The molecule has 134 valence electrons. The summed E-state index contributed by atoms with van der Waals surface area (Å²) in [6, 6.07) is 4.25. The predicted molar refractivity (Wildman–Crippen MR) is 92.5 cm³/mol. The molecule has 0 unspecified atom stereocenters. The van der Waals surface area contributed by atoms with E-state index in [1.165, 1.54) is 11.4 Å². The second-order valence-corrected chi connectivity index (χ2v) is 8.48. The first-order valence-electron chi connectivity index (χ1n) is 8.13. The maximum absolute atomic E-state index is 13.0.